The minimum Gasteiger partial charge on any atom is -0.456 e. The maximum Gasteiger partial charge on any atom is 0.321 e. The smallest absolute Gasteiger partial charge is 0.321 e. The minimum atomic E-state index is -3.89. The molecular weight excluding hydrogens is 488 g/mol. The Bertz CT molecular complexity index is 1080. The van der Waals surface area contributed by atoms with E-state index < -0.39 is 40.3 Å². The molecule has 0 heterocycles. The normalized spacial score (nSPS) is 11.6. The molecular formula is C21H23BrN2O6S. The number of ketones is 1. The van der Waals surface area contributed by atoms with Gasteiger partial charge in [0.05, 0.1) is 4.90 Å². The van der Waals surface area contributed by atoms with E-state index in [9.17, 15) is 22.8 Å². The number of amides is 1. The van der Waals surface area contributed by atoms with Crippen molar-refractivity contribution < 1.29 is 27.5 Å². The molecule has 0 unspecified atom stereocenters. The van der Waals surface area contributed by atoms with Crippen molar-refractivity contribution in [2.45, 2.75) is 25.7 Å². The number of esters is 1. The quantitative estimate of drug-likeness (QED) is 0.415. The number of hydrogen-bond acceptors (Lipinski definition) is 6. The number of hydrogen-bond donors (Lipinski definition) is 2. The maximum absolute atomic E-state index is 12.2. The summed E-state index contributed by atoms with van der Waals surface area (Å²) in [7, 11) is -3.89. The number of ether oxygens (including phenoxy) is 1. The van der Waals surface area contributed by atoms with Gasteiger partial charge < -0.3 is 10.1 Å². The third-order valence-electron chi connectivity index (χ3n) is 4.02. The maximum atomic E-state index is 12.2. The third kappa shape index (κ3) is 7.57. The Balaban J connectivity index is 1.85. The summed E-state index contributed by atoms with van der Waals surface area (Å²) in [5.41, 5.74) is 0.271. The number of carbonyl (C=O) groups excluding carboxylic acids is 3. The molecule has 0 fully saturated rings. The number of nitrogens with one attached hydrogen (secondary N) is 2. The number of Topliss-reactive ketones (excluding diaryl/α,β-unsaturated/α-hetero) is 1. The fraction of sp³-hybridized carbons (Fsp3) is 0.286. The molecule has 0 radical (unpaired) electrons. The van der Waals surface area contributed by atoms with Gasteiger partial charge in [-0.15, -0.1) is 0 Å². The van der Waals surface area contributed by atoms with E-state index in [0.717, 1.165) is 0 Å². The average Bonchev–Trinajstić information content (AvgIpc) is 2.70. The molecule has 0 saturated heterocycles. The Morgan fingerprint density at radius 2 is 1.68 bits per heavy atom. The number of carbonyl (C=O) groups is 3. The van der Waals surface area contributed by atoms with E-state index in [-0.39, 0.29) is 16.4 Å². The molecule has 0 saturated carbocycles. The van der Waals surface area contributed by atoms with Crippen LogP contribution in [0.25, 0.3) is 0 Å². The van der Waals surface area contributed by atoms with E-state index in [1.807, 2.05) is 0 Å². The van der Waals surface area contributed by atoms with Gasteiger partial charge in [0.15, 0.2) is 12.4 Å². The highest BCUT2D eigenvalue weighted by molar-refractivity contribution is 9.10. The Morgan fingerprint density at radius 1 is 1.03 bits per heavy atom. The molecule has 8 nitrogen and oxygen atoms in total. The van der Waals surface area contributed by atoms with Crippen LogP contribution in [0.5, 0.6) is 0 Å². The van der Waals surface area contributed by atoms with E-state index in [2.05, 4.69) is 26.0 Å². The highest BCUT2D eigenvalue weighted by Gasteiger charge is 2.21. The fourth-order valence-corrected chi connectivity index (χ4v) is 3.78. The van der Waals surface area contributed by atoms with Crippen molar-refractivity contribution in [3.63, 3.8) is 0 Å². The highest BCUT2D eigenvalue weighted by atomic mass is 79.9. The molecule has 10 heteroatoms. The third-order valence-corrected chi connectivity index (χ3v) is 5.92. The lowest BCUT2D eigenvalue weighted by atomic mass is 9.95. The van der Waals surface area contributed by atoms with Gasteiger partial charge in [-0.2, -0.15) is 4.72 Å². The first-order valence-corrected chi connectivity index (χ1v) is 11.5. The molecule has 0 bridgehead atoms. The van der Waals surface area contributed by atoms with Crippen LogP contribution in [0, 0.1) is 5.41 Å². The van der Waals surface area contributed by atoms with Gasteiger partial charge in [-0.3, -0.25) is 14.4 Å². The molecule has 0 aliphatic heterocycles. The van der Waals surface area contributed by atoms with E-state index in [1.54, 1.807) is 45.0 Å². The number of benzene rings is 2. The first-order chi connectivity index (χ1) is 14.4. The van der Waals surface area contributed by atoms with Crippen molar-refractivity contribution in [3.8, 4) is 0 Å². The molecule has 2 rings (SSSR count). The lowest BCUT2D eigenvalue weighted by Crippen LogP contribution is -2.31. The lowest BCUT2D eigenvalue weighted by Gasteiger charge is -2.17. The van der Waals surface area contributed by atoms with Crippen LogP contribution in [0.1, 0.15) is 31.1 Å². The van der Waals surface area contributed by atoms with Crippen LogP contribution in [-0.2, 0) is 24.3 Å². The van der Waals surface area contributed by atoms with Crippen molar-refractivity contribution in [3.05, 3.63) is 58.6 Å². The van der Waals surface area contributed by atoms with Crippen LogP contribution < -0.4 is 10.0 Å². The first kappa shape index (κ1) is 24.7. The molecule has 2 N–H and O–H groups in total. The molecule has 2 aromatic rings. The predicted molar refractivity (Wildman–Crippen MR) is 119 cm³/mol. The fourth-order valence-electron chi connectivity index (χ4n) is 2.21. The van der Waals surface area contributed by atoms with Gasteiger partial charge in [0, 0.05) is 21.1 Å². The number of anilines is 1. The summed E-state index contributed by atoms with van der Waals surface area (Å²) in [6.07, 6.45) is 0. The van der Waals surface area contributed by atoms with Crippen LogP contribution >= 0.6 is 15.9 Å². The predicted octanol–water partition coefficient (Wildman–Crippen LogP) is 3.14. The zero-order valence-electron chi connectivity index (χ0n) is 17.3. The van der Waals surface area contributed by atoms with E-state index in [1.165, 1.54) is 24.3 Å². The second kappa shape index (κ2) is 10.2. The van der Waals surface area contributed by atoms with Gasteiger partial charge in [-0.25, -0.2) is 8.42 Å². The van der Waals surface area contributed by atoms with E-state index >= 15 is 0 Å². The Kier molecular flexibility index (Phi) is 8.10. The molecule has 0 atom stereocenters. The zero-order valence-corrected chi connectivity index (χ0v) is 19.7. The van der Waals surface area contributed by atoms with Gasteiger partial charge in [-0.05, 0) is 42.5 Å². The topological polar surface area (TPSA) is 119 Å². The lowest BCUT2D eigenvalue weighted by molar-refractivity contribution is -0.141. The van der Waals surface area contributed by atoms with Gasteiger partial charge >= 0.3 is 5.97 Å². The largest absolute Gasteiger partial charge is 0.456 e. The van der Waals surface area contributed by atoms with Crippen LogP contribution in [0.15, 0.2) is 57.9 Å². The monoisotopic (exact) mass is 510 g/mol. The molecule has 0 spiro atoms. The molecule has 0 aliphatic carbocycles. The number of rotatable bonds is 8. The standard InChI is InChI=1S/C21H23BrN2O6S/c1-21(2,3)20(27)24-16-9-7-14(8-10-16)18(25)13-30-19(26)12-23-31(28,29)17-6-4-5-15(22)11-17/h4-11,23H,12-13H2,1-3H3,(H,24,27). The van der Waals surface area contributed by atoms with E-state index in [0.29, 0.717) is 10.2 Å². The summed E-state index contributed by atoms with van der Waals surface area (Å²) in [6.45, 7) is 4.21. The SMILES string of the molecule is CC(C)(C)C(=O)Nc1ccc(C(=O)COC(=O)CNS(=O)(=O)c2cccc(Br)c2)cc1. The number of sulfonamides is 1. The van der Waals surface area contributed by atoms with Crippen molar-refractivity contribution in [1.82, 2.24) is 4.72 Å². The van der Waals surface area contributed by atoms with Crippen molar-refractivity contribution in [2.75, 3.05) is 18.5 Å². The summed E-state index contributed by atoms with van der Waals surface area (Å²) in [4.78, 5) is 36.0. The van der Waals surface area contributed by atoms with Crippen molar-refractivity contribution >= 4 is 49.3 Å². The summed E-state index contributed by atoms with van der Waals surface area (Å²) in [6, 6.07) is 12.2. The van der Waals surface area contributed by atoms with Crippen LogP contribution in [0.2, 0.25) is 0 Å². The molecule has 1 amide bonds. The van der Waals surface area contributed by atoms with Gasteiger partial charge in [0.25, 0.3) is 0 Å². The molecule has 0 aliphatic rings. The molecule has 0 aromatic heterocycles. The van der Waals surface area contributed by atoms with Gasteiger partial charge in [0.2, 0.25) is 15.9 Å². The Hall–Kier alpha value is -2.56. The summed E-state index contributed by atoms with van der Waals surface area (Å²) in [5.74, 6) is -1.51. The summed E-state index contributed by atoms with van der Waals surface area (Å²) < 4.78 is 31.9. The second-order valence-electron chi connectivity index (χ2n) is 7.65. The molecule has 166 valence electrons. The minimum absolute atomic E-state index is 0.00982. The van der Waals surface area contributed by atoms with Crippen molar-refractivity contribution in [2.24, 2.45) is 5.41 Å². The first-order valence-electron chi connectivity index (χ1n) is 9.24. The molecule has 2 aromatic carbocycles. The van der Waals surface area contributed by atoms with Crippen LogP contribution in [-0.4, -0.2) is 39.2 Å². The summed E-state index contributed by atoms with van der Waals surface area (Å²) in [5, 5.41) is 2.74. The van der Waals surface area contributed by atoms with E-state index in [4.69, 9.17) is 4.74 Å². The second-order valence-corrected chi connectivity index (χ2v) is 10.3. The Morgan fingerprint density at radius 3 is 2.26 bits per heavy atom. The summed E-state index contributed by atoms with van der Waals surface area (Å²) >= 11 is 3.18. The van der Waals surface area contributed by atoms with Crippen LogP contribution in [0.3, 0.4) is 0 Å². The number of halogens is 1. The Labute approximate surface area is 189 Å². The van der Waals surface area contributed by atoms with Gasteiger partial charge in [-0.1, -0.05) is 42.8 Å². The molecule has 31 heavy (non-hydrogen) atoms. The average molecular weight is 511 g/mol. The van der Waals surface area contributed by atoms with Gasteiger partial charge in [0.1, 0.15) is 6.54 Å². The zero-order chi connectivity index (χ0) is 23.2. The highest BCUT2D eigenvalue weighted by Crippen LogP contribution is 2.18. The van der Waals surface area contributed by atoms with Crippen molar-refractivity contribution in [1.29, 1.82) is 0 Å². The van der Waals surface area contributed by atoms with Crippen LogP contribution in [0.4, 0.5) is 5.69 Å².